The third-order valence-electron chi connectivity index (χ3n) is 4.27. The van der Waals surface area contributed by atoms with Crippen molar-refractivity contribution >= 4 is 21.6 Å². The highest BCUT2D eigenvalue weighted by atomic mass is 32.2. The first-order valence-electron chi connectivity index (χ1n) is 8.54. The molecule has 1 amide bonds. The molecule has 6 nitrogen and oxygen atoms in total. The standard InChI is InChI=1S/C21H20N2O4S/c1-28(26,27)23-19-13-11-16(12-14-19)15-7-9-18(10-8-15)20(21(24)22-25)17-5-3-2-4-6-17/h2-14,20,23,25H,1H3,(H,22,24). The topological polar surface area (TPSA) is 95.5 Å². The molecule has 0 aliphatic rings. The van der Waals surface area contributed by atoms with E-state index in [-0.39, 0.29) is 0 Å². The second-order valence-electron chi connectivity index (χ2n) is 6.39. The quantitative estimate of drug-likeness (QED) is 0.440. The van der Waals surface area contributed by atoms with Gasteiger partial charge in [0.1, 0.15) is 0 Å². The van der Waals surface area contributed by atoms with Crippen LogP contribution in [0, 0.1) is 0 Å². The number of carbonyl (C=O) groups is 1. The summed E-state index contributed by atoms with van der Waals surface area (Å²) in [6, 6.07) is 23.7. The van der Waals surface area contributed by atoms with Crippen LogP contribution in [0.2, 0.25) is 0 Å². The first-order valence-corrected chi connectivity index (χ1v) is 10.4. The van der Waals surface area contributed by atoms with Gasteiger partial charge in [-0.05, 0) is 34.4 Å². The number of anilines is 1. The van der Waals surface area contributed by atoms with Gasteiger partial charge in [0.2, 0.25) is 10.0 Å². The summed E-state index contributed by atoms with van der Waals surface area (Å²) in [5.41, 5.74) is 5.59. The van der Waals surface area contributed by atoms with E-state index in [9.17, 15) is 13.2 Å². The molecule has 0 spiro atoms. The van der Waals surface area contributed by atoms with Crippen molar-refractivity contribution < 1.29 is 18.4 Å². The highest BCUT2D eigenvalue weighted by Gasteiger charge is 2.22. The average Bonchev–Trinajstić information content (AvgIpc) is 2.69. The zero-order valence-electron chi connectivity index (χ0n) is 15.2. The van der Waals surface area contributed by atoms with Crippen molar-refractivity contribution in [3.63, 3.8) is 0 Å². The van der Waals surface area contributed by atoms with Gasteiger partial charge in [0.05, 0.1) is 12.2 Å². The summed E-state index contributed by atoms with van der Waals surface area (Å²) < 4.78 is 25.0. The van der Waals surface area contributed by atoms with E-state index in [1.807, 2.05) is 66.7 Å². The molecule has 0 heterocycles. The molecule has 0 radical (unpaired) electrons. The average molecular weight is 396 g/mol. The van der Waals surface area contributed by atoms with Crippen LogP contribution >= 0.6 is 0 Å². The van der Waals surface area contributed by atoms with Crippen LogP contribution in [0.1, 0.15) is 17.0 Å². The van der Waals surface area contributed by atoms with Crippen LogP contribution in [0.4, 0.5) is 5.69 Å². The normalized spacial score (nSPS) is 12.2. The summed E-state index contributed by atoms with van der Waals surface area (Å²) in [5, 5.41) is 9.12. The van der Waals surface area contributed by atoms with Crippen LogP contribution in [-0.4, -0.2) is 25.8 Å². The Kier molecular flexibility index (Phi) is 5.77. The second-order valence-corrected chi connectivity index (χ2v) is 8.14. The maximum absolute atomic E-state index is 12.2. The molecule has 0 fully saturated rings. The minimum atomic E-state index is -3.32. The predicted octanol–water partition coefficient (Wildman–Crippen LogP) is 3.36. The van der Waals surface area contributed by atoms with Crippen LogP contribution in [0.15, 0.2) is 78.9 Å². The maximum atomic E-state index is 12.2. The summed E-state index contributed by atoms with van der Waals surface area (Å²) in [7, 11) is -3.32. The Hall–Kier alpha value is -3.16. The van der Waals surface area contributed by atoms with Crippen molar-refractivity contribution in [3.05, 3.63) is 90.0 Å². The van der Waals surface area contributed by atoms with Gasteiger partial charge in [-0.1, -0.05) is 66.7 Å². The van der Waals surface area contributed by atoms with E-state index < -0.39 is 21.8 Å². The molecule has 0 aliphatic carbocycles. The molecule has 144 valence electrons. The van der Waals surface area contributed by atoms with Gasteiger partial charge in [-0.25, -0.2) is 13.9 Å². The first kappa shape index (κ1) is 19.6. The summed E-state index contributed by atoms with van der Waals surface area (Å²) in [5.74, 6) is -1.13. The number of amides is 1. The molecule has 3 N–H and O–H groups in total. The lowest BCUT2D eigenvalue weighted by Crippen LogP contribution is -2.27. The largest absolute Gasteiger partial charge is 0.289 e. The summed E-state index contributed by atoms with van der Waals surface area (Å²) in [6.07, 6.45) is 1.10. The zero-order valence-corrected chi connectivity index (χ0v) is 16.0. The van der Waals surface area contributed by atoms with Crippen molar-refractivity contribution in [3.8, 4) is 11.1 Å². The lowest BCUT2D eigenvalue weighted by molar-refractivity contribution is -0.129. The van der Waals surface area contributed by atoms with Gasteiger partial charge in [-0.3, -0.25) is 14.7 Å². The number of sulfonamides is 1. The molecule has 3 aromatic carbocycles. The molecule has 0 aromatic heterocycles. The van der Waals surface area contributed by atoms with Crippen LogP contribution in [-0.2, 0) is 14.8 Å². The van der Waals surface area contributed by atoms with Crippen molar-refractivity contribution in [1.29, 1.82) is 0 Å². The monoisotopic (exact) mass is 396 g/mol. The highest BCUT2D eigenvalue weighted by molar-refractivity contribution is 7.92. The van der Waals surface area contributed by atoms with Crippen LogP contribution in [0.3, 0.4) is 0 Å². The Morgan fingerprint density at radius 1 is 0.821 bits per heavy atom. The Morgan fingerprint density at radius 3 is 1.82 bits per heavy atom. The summed E-state index contributed by atoms with van der Waals surface area (Å²) in [4.78, 5) is 12.2. The number of hydroxylamine groups is 1. The van der Waals surface area contributed by atoms with Gasteiger partial charge in [0.15, 0.2) is 0 Å². The van der Waals surface area contributed by atoms with Crippen LogP contribution in [0.5, 0.6) is 0 Å². The van der Waals surface area contributed by atoms with Gasteiger partial charge in [0, 0.05) is 5.69 Å². The lowest BCUT2D eigenvalue weighted by atomic mass is 9.89. The predicted molar refractivity (Wildman–Crippen MR) is 109 cm³/mol. The molecular formula is C21H20N2O4S. The molecule has 0 saturated heterocycles. The van der Waals surface area contributed by atoms with Crippen molar-refractivity contribution in [1.82, 2.24) is 5.48 Å². The number of nitrogens with one attached hydrogen (secondary N) is 2. The minimum Gasteiger partial charge on any atom is -0.289 e. The second kappa shape index (κ2) is 8.24. The van der Waals surface area contributed by atoms with Crippen LogP contribution in [0.25, 0.3) is 11.1 Å². The van der Waals surface area contributed by atoms with E-state index >= 15 is 0 Å². The van der Waals surface area contributed by atoms with E-state index in [4.69, 9.17) is 5.21 Å². The number of carbonyl (C=O) groups excluding carboxylic acids is 1. The number of rotatable bonds is 6. The fourth-order valence-electron chi connectivity index (χ4n) is 3.02. The third kappa shape index (κ3) is 4.76. The molecule has 0 bridgehead atoms. The van der Waals surface area contributed by atoms with Gasteiger partial charge < -0.3 is 0 Å². The zero-order chi connectivity index (χ0) is 20.1. The molecule has 3 aromatic rings. The van der Waals surface area contributed by atoms with E-state index in [0.29, 0.717) is 5.69 Å². The first-order chi connectivity index (χ1) is 13.4. The van der Waals surface area contributed by atoms with Crippen molar-refractivity contribution in [2.24, 2.45) is 0 Å². The van der Waals surface area contributed by atoms with E-state index in [2.05, 4.69) is 4.72 Å². The molecule has 1 unspecified atom stereocenters. The number of benzene rings is 3. The SMILES string of the molecule is CS(=O)(=O)Nc1ccc(-c2ccc(C(C(=O)NO)c3ccccc3)cc2)cc1. The molecule has 28 heavy (non-hydrogen) atoms. The maximum Gasteiger partial charge on any atom is 0.255 e. The lowest BCUT2D eigenvalue weighted by Gasteiger charge is -2.16. The third-order valence-corrected chi connectivity index (χ3v) is 4.88. The summed E-state index contributed by atoms with van der Waals surface area (Å²) >= 11 is 0. The van der Waals surface area contributed by atoms with E-state index in [0.717, 1.165) is 28.5 Å². The molecule has 3 rings (SSSR count). The molecule has 1 atom stereocenters. The molecule has 0 saturated carbocycles. The molecule has 7 heteroatoms. The fourth-order valence-corrected chi connectivity index (χ4v) is 3.58. The van der Waals surface area contributed by atoms with Crippen molar-refractivity contribution in [2.75, 3.05) is 11.0 Å². The molecular weight excluding hydrogens is 376 g/mol. The van der Waals surface area contributed by atoms with Crippen LogP contribution < -0.4 is 10.2 Å². The minimum absolute atomic E-state index is 0.492. The van der Waals surface area contributed by atoms with E-state index in [1.165, 1.54) is 0 Å². The Bertz CT molecular complexity index is 1050. The summed E-state index contributed by atoms with van der Waals surface area (Å²) in [6.45, 7) is 0. The Labute approximate surface area is 163 Å². The van der Waals surface area contributed by atoms with Gasteiger partial charge in [-0.2, -0.15) is 0 Å². The Morgan fingerprint density at radius 2 is 1.32 bits per heavy atom. The van der Waals surface area contributed by atoms with Gasteiger partial charge >= 0.3 is 0 Å². The number of hydrogen-bond acceptors (Lipinski definition) is 4. The van der Waals surface area contributed by atoms with Gasteiger partial charge in [-0.15, -0.1) is 0 Å². The fraction of sp³-hybridized carbons (Fsp3) is 0.0952. The van der Waals surface area contributed by atoms with Crippen molar-refractivity contribution in [2.45, 2.75) is 5.92 Å². The highest BCUT2D eigenvalue weighted by Crippen LogP contribution is 2.28. The van der Waals surface area contributed by atoms with Gasteiger partial charge in [0.25, 0.3) is 5.91 Å². The Balaban J connectivity index is 1.87. The number of hydrogen-bond donors (Lipinski definition) is 3. The smallest absolute Gasteiger partial charge is 0.255 e. The van der Waals surface area contributed by atoms with E-state index in [1.54, 1.807) is 17.6 Å². The molecule has 0 aliphatic heterocycles.